The van der Waals surface area contributed by atoms with Gasteiger partial charge in [-0.15, -0.1) is 0 Å². The molecule has 0 aliphatic heterocycles. The first-order valence-corrected chi connectivity index (χ1v) is 12.2. The van der Waals surface area contributed by atoms with Gasteiger partial charge >= 0.3 is 0 Å². The van der Waals surface area contributed by atoms with Crippen molar-refractivity contribution in [1.29, 1.82) is 0 Å². The summed E-state index contributed by atoms with van der Waals surface area (Å²) in [6.07, 6.45) is 23.9. The predicted molar refractivity (Wildman–Crippen MR) is 120 cm³/mol. The van der Waals surface area contributed by atoms with Crippen LogP contribution in [0.4, 0.5) is 0 Å². The first-order valence-electron chi connectivity index (χ1n) is 12.2. The van der Waals surface area contributed by atoms with Gasteiger partial charge in [0.15, 0.2) is 0 Å². The molecule has 27 heavy (non-hydrogen) atoms. The fourth-order valence-corrected chi connectivity index (χ4v) is 3.67. The lowest BCUT2D eigenvalue weighted by atomic mass is 10.0. The zero-order valence-electron chi connectivity index (χ0n) is 18.7. The second-order valence-corrected chi connectivity index (χ2v) is 8.34. The zero-order chi connectivity index (χ0) is 20.0. The summed E-state index contributed by atoms with van der Waals surface area (Å²) in [6, 6.07) is 0.177. The topological polar surface area (TPSA) is 55.1 Å². The lowest BCUT2D eigenvalue weighted by Gasteiger charge is -2.16. The fourth-order valence-electron chi connectivity index (χ4n) is 3.67. The number of carbonyl (C=O) groups excluding carboxylic acids is 1. The number of rotatable bonds is 21. The average Bonchev–Trinajstić information content (AvgIpc) is 2.67. The van der Waals surface area contributed by atoms with Crippen molar-refractivity contribution in [2.75, 3.05) is 6.54 Å². The van der Waals surface area contributed by atoms with E-state index in [1.54, 1.807) is 0 Å². The highest BCUT2D eigenvalue weighted by molar-refractivity contribution is 5.76. The van der Waals surface area contributed by atoms with Gasteiger partial charge in [-0.1, -0.05) is 117 Å². The summed E-state index contributed by atoms with van der Waals surface area (Å²) >= 11 is 0. The Morgan fingerprint density at radius 3 is 1.52 bits per heavy atom. The summed E-state index contributed by atoms with van der Waals surface area (Å²) in [5, 5.41) is 3.15. The summed E-state index contributed by atoms with van der Waals surface area (Å²) in [4.78, 5) is 12.1. The minimum Gasteiger partial charge on any atom is -0.352 e. The third-order valence-electron chi connectivity index (χ3n) is 5.56. The molecule has 1 amide bonds. The van der Waals surface area contributed by atoms with Crippen molar-refractivity contribution in [2.24, 2.45) is 5.73 Å². The Bertz CT molecular complexity index is 307. The molecule has 0 rings (SSSR count). The predicted octanol–water partition coefficient (Wildman–Crippen LogP) is 6.88. The van der Waals surface area contributed by atoms with Gasteiger partial charge in [-0.2, -0.15) is 0 Å². The second kappa shape index (κ2) is 21.7. The van der Waals surface area contributed by atoms with E-state index in [-0.39, 0.29) is 11.9 Å². The molecule has 3 nitrogen and oxygen atoms in total. The van der Waals surface area contributed by atoms with Gasteiger partial charge in [0.25, 0.3) is 0 Å². The van der Waals surface area contributed by atoms with Crippen molar-refractivity contribution in [3.8, 4) is 0 Å². The summed E-state index contributed by atoms with van der Waals surface area (Å²) in [5.74, 6) is 0.202. The summed E-state index contributed by atoms with van der Waals surface area (Å²) in [7, 11) is 0. The number of nitrogens with two attached hydrogens (primary N) is 1. The molecule has 0 aromatic rings. The normalized spacial score (nSPS) is 12.3. The van der Waals surface area contributed by atoms with E-state index in [1.807, 2.05) is 0 Å². The standard InChI is InChI=1S/C24H50N2O/c1-3-5-7-9-11-13-15-17-19-21-24(27)26-23(22-25)20-18-16-14-12-10-8-6-4-2/h23H,3-22,25H2,1-2H3,(H,26,27). The Hall–Kier alpha value is -0.570. The van der Waals surface area contributed by atoms with Crippen LogP contribution in [0.25, 0.3) is 0 Å². The third-order valence-corrected chi connectivity index (χ3v) is 5.56. The lowest BCUT2D eigenvalue weighted by molar-refractivity contribution is -0.121. The van der Waals surface area contributed by atoms with Gasteiger partial charge in [0.05, 0.1) is 0 Å². The van der Waals surface area contributed by atoms with Crippen molar-refractivity contribution < 1.29 is 4.79 Å². The van der Waals surface area contributed by atoms with Crippen LogP contribution in [0.2, 0.25) is 0 Å². The van der Waals surface area contributed by atoms with Crippen molar-refractivity contribution >= 4 is 5.91 Å². The summed E-state index contributed by atoms with van der Waals surface area (Å²) < 4.78 is 0. The van der Waals surface area contributed by atoms with E-state index in [0.717, 1.165) is 12.8 Å². The molecule has 162 valence electrons. The van der Waals surface area contributed by atoms with Crippen molar-refractivity contribution in [3.05, 3.63) is 0 Å². The highest BCUT2D eigenvalue weighted by atomic mass is 16.1. The van der Waals surface area contributed by atoms with Crippen LogP contribution in [0.1, 0.15) is 136 Å². The molecule has 3 heteroatoms. The van der Waals surface area contributed by atoms with Crippen molar-refractivity contribution in [2.45, 2.75) is 142 Å². The average molecular weight is 383 g/mol. The molecule has 1 unspecified atom stereocenters. The summed E-state index contributed by atoms with van der Waals surface area (Å²) in [5.41, 5.74) is 5.85. The molecule has 1 atom stereocenters. The number of unbranched alkanes of at least 4 members (excludes halogenated alkanes) is 15. The van der Waals surface area contributed by atoms with Crippen molar-refractivity contribution in [3.63, 3.8) is 0 Å². The SMILES string of the molecule is CCCCCCCCCCCC(=O)NC(CN)CCCCCCCCCC. The minimum atomic E-state index is 0.177. The first-order chi connectivity index (χ1) is 13.2. The maximum absolute atomic E-state index is 12.1. The Morgan fingerprint density at radius 1 is 0.667 bits per heavy atom. The van der Waals surface area contributed by atoms with E-state index in [9.17, 15) is 4.79 Å². The molecule has 0 radical (unpaired) electrons. The molecule has 0 aromatic heterocycles. The monoisotopic (exact) mass is 382 g/mol. The second-order valence-electron chi connectivity index (χ2n) is 8.34. The molecule has 0 aromatic carbocycles. The Morgan fingerprint density at radius 2 is 1.07 bits per heavy atom. The lowest BCUT2D eigenvalue weighted by Crippen LogP contribution is -2.40. The molecule has 0 aliphatic carbocycles. The number of hydrogen-bond donors (Lipinski definition) is 2. The van der Waals surface area contributed by atoms with E-state index in [2.05, 4.69) is 19.2 Å². The Balaban J connectivity index is 3.48. The van der Waals surface area contributed by atoms with E-state index < -0.39 is 0 Å². The van der Waals surface area contributed by atoms with Gasteiger partial charge in [0, 0.05) is 19.0 Å². The Labute approximate surface area is 170 Å². The van der Waals surface area contributed by atoms with Gasteiger partial charge in [-0.25, -0.2) is 0 Å². The molecule has 3 N–H and O–H groups in total. The van der Waals surface area contributed by atoms with Gasteiger partial charge in [-0.3, -0.25) is 4.79 Å². The van der Waals surface area contributed by atoms with Crippen LogP contribution in [-0.2, 0) is 4.79 Å². The molecular formula is C24H50N2O. The number of carbonyl (C=O) groups is 1. The van der Waals surface area contributed by atoms with Crippen LogP contribution < -0.4 is 11.1 Å². The maximum Gasteiger partial charge on any atom is 0.220 e. The van der Waals surface area contributed by atoms with E-state index >= 15 is 0 Å². The van der Waals surface area contributed by atoms with Crippen molar-refractivity contribution in [1.82, 2.24) is 5.32 Å². The van der Waals surface area contributed by atoms with Gasteiger partial charge in [0.2, 0.25) is 5.91 Å². The zero-order valence-corrected chi connectivity index (χ0v) is 18.7. The van der Waals surface area contributed by atoms with Crippen LogP contribution >= 0.6 is 0 Å². The van der Waals surface area contributed by atoms with Crippen LogP contribution in [-0.4, -0.2) is 18.5 Å². The smallest absolute Gasteiger partial charge is 0.220 e. The quantitative estimate of drug-likeness (QED) is 0.212. The van der Waals surface area contributed by atoms with Gasteiger partial charge in [-0.05, 0) is 12.8 Å². The molecule has 0 bridgehead atoms. The van der Waals surface area contributed by atoms with E-state index in [1.165, 1.54) is 103 Å². The van der Waals surface area contributed by atoms with E-state index in [4.69, 9.17) is 5.73 Å². The van der Waals surface area contributed by atoms with E-state index in [0.29, 0.717) is 13.0 Å². The molecular weight excluding hydrogens is 332 g/mol. The van der Waals surface area contributed by atoms with Crippen LogP contribution in [0, 0.1) is 0 Å². The first kappa shape index (κ1) is 26.4. The molecule has 0 saturated carbocycles. The highest BCUT2D eigenvalue weighted by Crippen LogP contribution is 2.12. The number of amides is 1. The molecule has 0 heterocycles. The molecule has 0 spiro atoms. The number of hydrogen-bond acceptors (Lipinski definition) is 2. The third kappa shape index (κ3) is 20.0. The number of nitrogens with one attached hydrogen (secondary N) is 1. The molecule has 0 fully saturated rings. The van der Waals surface area contributed by atoms with Crippen LogP contribution in [0.15, 0.2) is 0 Å². The van der Waals surface area contributed by atoms with Gasteiger partial charge < -0.3 is 11.1 Å². The van der Waals surface area contributed by atoms with Gasteiger partial charge in [0.1, 0.15) is 0 Å². The largest absolute Gasteiger partial charge is 0.352 e. The van der Waals surface area contributed by atoms with Crippen LogP contribution in [0.5, 0.6) is 0 Å². The maximum atomic E-state index is 12.1. The highest BCUT2D eigenvalue weighted by Gasteiger charge is 2.10. The Kier molecular flexibility index (Phi) is 21.3. The molecule has 0 aliphatic rings. The molecule has 0 saturated heterocycles. The van der Waals surface area contributed by atoms with Crippen LogP contribution in [0.3, 0.4) is 0 Å². The summed E-state index contributed by atoms with van der Waals surface area (Å²) in [6.45, 7) is 5.09. The fraction of sp³-hybridized carbons (Fsp3) is 0.958. The minimum absolute atomic E-state index is 0.177.